The van der Waals surface area contributed by atoms with E-state index < -0.39 is 23.3 Å². The van der Waals surface area contributed by atoms with Crippen LogP contribution >= 0.6 is 0 Å². The van der Waals surface area contributed by atoms with Crippen LogP contribution in [0, 0.1) is 11.8 Å². The Labute approximate surface area is 214 Å². The van der Waals surface area contributed by atoms with E-state index in [2.05, 4.69) is 10.6 Å². The van der Waals surface area contributed by atoms with Crippen molar-refractivity contribution in [2.24, 2.45) is 11.8 Å². The maximum Gasteiger partial charge on any atom is 0.253 e. The van der Waals surface area contributed by atoms with Gasteiger partial charge < -0.3 is 10.2 Å². The first-order chi connectivity index (χ1) is 18.0. The largest absolute Gasteiger partial charge is 0.325 e. The maximum absolute atomic E-state index is 14.3. The quantitative estimate of drug-likeness (QED) is 0.532. The minimum atomic E-state index is -1.43. The summed E-state index contributed by atoms with van der Waals surface area (Å²) in [6.07, 6.45) is 0.564. The van der Waals surface area contributed by atoms with Gasteiger partial charge in [-0.2, -0.15) is 0 Å². The van der Waals surface area contributed by atoms with E-state index >= 15 is 0 Å². The monoisotopic (exact) mass is 494 g/mol. The zero-order chi connectivity index (χ0) is 25.7. The number of carbonyl (C=O) groups is 4. The van der Waals surface area contributed by atoms with E-state index in [0.717, 1.165) is 0 Å². The standard InChI is InChI=1S/C29H26N4O4/c1-2-21-24-25(27(36)33(26(24)35)19-13-7-4-8-14-19)29(31-21)20-15-9-10-16-22(20)32(28(29)37)17-23(34)30-18-11-5-3-6-12-18/h3-16,21,24-25,31H,2,17H2,1H3,(H,30,34). The van der Waals surface area contributed by atoms with Crippen LogP contribution in [0.3, 0.4) is 0 Å². The van der Waals surface area contributed by atoms with E-state index in [-0.39, 0.29) is 30.3 Å². The predicted molar refractivity (Wildman–Crippen MR) is 139 cm³/mol. The number of carbonyl (C=O) groups excluding carboxylic acids is 4. The van der Waals surface area contributed by atoms with Gasteiger partial charge in [-0.3, -0.25) is 24.5 Å². The summed E-state index contributed by atoms with van der Waals surface area (Å²) in [5.41, 5.74) is 0.884. The number of amides is 4. The molecule has 2 fully saturated rings. The molecule has 4 amide bonds. The molecule has 8 nitrogen and oxygen atoms in total. The van der Waals surface area contributed by atoms with Gasteiger partial charge >= 0.3 is 0 Å². The van der Waals surface area contributed by atoms with Crippen molar-refractivity contribution < 1.29 is 19.2 Å². The summed E-state index contributed by atoms with van der Waals surface area (Å²) in [6.45, 7) is 1.72. The number of fused-ring (bicyclic) bond motifs is 4. The lowest BCUT2D eigenvalue weighted by atomic mass is 9.76. The average Bonchev–Trinajstić information content (AvgIpc) is 3.49. The van der Waals surface area contributed by atoms with Gasteiger partial charge in [0, 0.05) is 23.0 Å². The molecule has 2 N–H and O–H groups in total. The summed E-state index contributed by atoms with van der Waals surface area (Å²) >= 11 is 0. The lowest BCUT2D eigenvalue weighted by Gasteiger charge is -2.30. The van der Waals surface area contributed by atoms with Gasteiger partial charge in [0.25, 0.3) is 5.91 Å². The number of nitrogens with one attached hydrogen (secondary N) is 2. The molecule has 4 atom stereocenters. The van der Waals surface area contributed by atoms with E-state index in [1.54, 1.807) is 48.5 Å². The third-order valence-corrected chi connectivity index (χ3v) is 7.68. The first-order valence-electron chi connectivity index (χ1n) is 12.4. The van der Waals surface area contributed by atoms with Crippen molar-refractivity contribution in [2.45, 2.75) is 24.9 Å². The molecule has 0 radical (unpaired) electrons. The molecule has 3 aliphatic rings. The van der Waals surface area contributed by atoms with E-state index in [4.69, 9.17) is 0 Å². The van der Waals surface area contributed by atoms with Gasteiger partial charge in [0.1, 0.15) is 12.1 Å². The summed E-state index contributed by atoms with van der Waals surface area (Å²) < 4.78 is 0. The van der Waals surface area contributed by atoms with Crippen LogP contribution in [-0.2, 0) is 24.7 Å². The van der Waals surface area contributed by atoms with Crippen LogP contribution in [0.4, 0.5) is 17.1 Å². The summed E-state index contributed by atoms with van der Waals surface area (Å²) in [4.78, 5) is 57.5. The van der Waals surface area contributed by atoms with Crippen LogP contribution in [0.25, 0.3) is 0 Å². The predicted octanol–water partition coefficient (Wildman–Crippen LogP) is 3.05. The fourth-order valence-electron chi connectivity index (χ4n) is 6.15. The molecule has 3 heterocycles. The summed E-state index contributed by atoms with van der Waals surface area (Å²) in [5.74, 6) is -3.05. The highest BCUT2D eigenvalue weighted by molar-refractivity contribution is 6.26. The van der Waals surface area contributed by atoms with Crippen molar-refractivity contribution in [1.29, 1.82) is 0 Å². The first-order valence-corrected chi connectivity index (χ1v) is 12.4. The van der Waals surface area contributed by atoms with Crippen LogP contribution < -0.4 is 20.4 Å². The summed E-state index contributed by atoms with van der Waals surface area (Å²) in [5, 5.41) is 6.25. The highest BCUT2D eigenvalue weighted by Gasteiger charge is 2.71. The van der Waals surface area contributed by atoms with Gasteiger partial charge in [0.05, 0.1) is 17.5 Å². The number of hydrogen-bond acceptors (Lipinski definition) is 5. The number of benzene rings is 3. The molecule has 0 aliphatic carbocycles. The van der Waals surface area contributed by atoms with Crippen LogP contribution in [0.1, 0.15) is 18.9 Å². The van der Waals surface area contributed by atoms with E-state index in [1.807, 2.05) is 43.3 Å². The fraction of sp³-hybridized carbons (Fsp3) is 0.241. The molecule has 186 valence electrons. The van der Waals surface area contributed by atoms with Gasteiger partial charge in [-0.05, 0) is 36.8 Å². The Morgan fingerprint density at radius 3 is 2.24 bits per heavy atom. The lowest BCUT2D eigenvalue weighted by Crippen LogP contribution is -2.55. The minimum absolute atomic E-state index is 0.215. The zero-order valence-corrected chi connectivity index (χ0v) is 20.3. The summed E-state index contributed by atoms with van der Waals surface area (Å²) in [7, 11) is 0. The highest BCUT2D eigenvalue weighted by atomic mass is 16.2. The number of anilines is 3. The molecule has 6 rings (SSSR count). The van der Waals surface area contributed by atoms with Crippen molar-refractivity contribution in [3.63, 3.8) is 0 Å². The van der Waals surface area contributed by atoms with Crippen molar-refractivity contribution >= 4 is 40.7 Å². The summed E-state index contributed by atoms with van der Waals surface area (Å²) in [6, 6.07) is 24.7. The van der Waals surface area contributed by atoms with Crippen LogP contribution in [0.5, 0.6) is 0 Å². The molecular weight excluding hydrogens is 468 g/mol. The first kappa shape index (κ1) is 23.1. The zero-order valence-electron chi connectivity index (χ0n) is 20.3. The molecule has 3 aromatic carbocycles. The average molecular weight is 495 g/mol. The molecule has 0 saturated carbocycles. The molecule has 2 saturated heterocycles. The topological polar surface area (TPSA) is 98.8 Å². The Morgan fingerprint density at radius 1 is 0.892 bits per heavy atom. The molecule has 37 heavy (non-hydrogen) atoms. The third kappa shape index (κ3) is 3.33. The van der Waals surface area contributed by atoms with Gasteiger partial charge in [-0.25, -0.2) is 4.90 Å². The van der Waals surface area contributed by atoms with Crippen LogP contribution in [0.15, 0.2) is 84.9 Å². The smallest absolute Gasteiger partial charge is 0.253 e. The molecule has 0 bridgehead atoms. The Morgan fingerprint density at radius 2 is 1.54 bits per heavy atom. The van der Waals surface area contributed by atoms with Crippen molar-refractivity contribution in [3.05, 3.63) is 90.5 Å². The molecule has 1 spiro atoms. The molecule has 3 aromatic rings. The Kier molecular flexibility index (Phi) is 5.42. The van der Waals surface area contributed by atoms with Crippen LogP contribution in [-0.4, -0.2) is 36.2 Å². The fourth-order valence-corrected chi connectivity index (χ4v) is 6.15. The van der Waals surface area contributed by atoms with Crippen molar-refractivity contribution in [2.75, 3.05) is 21.7 Å². The second-order valence-electron chi connectivity index (χ2n) is 9.64. The SMILES string of the molecule is CCC1NC2(C(=O)N(CC(=O)Nc3ccccc3)c3ccccc32)C2C(=O)N(c3ccccc3)C(=O)C12. The Hall–Kier alpha value is -4.30. The Balaban J connectivity index is 1.40. The van der Waals surface area contributed by atoms with E-state index in [0.29, 0.717) is 29.0 Å². The number of nitrogens with zero attached hydrogens (tertiary/aromatic N) is 2. The van der Waals surface area contributed by atoms with Gasteiger partial charge in [-0.15, -0.1) is 0 Å². The second kappa shape index (κ2) is 8.67. The molecule has 0 aromatic heterocycles. The van der Waals surface area contributed by atoms with Crippen LogP contribution in [0.2, 0.25) is 0 Å². The minimum Gasteiger partial charge on any atom is -0.325 e. The molecule has 3 aliphatic heterocycles. The van der Waals surface area contributed by atoms with E-state index in [1.165, 1.54) is 9.80 Å². The van der Waals surface area contributed by atoms with Gasteiger partial charge in [0.15, 0.2) is 0 Å². The number of hydrogen-bond donors (Lipinski definition) is 2. The van der Waals surface area contributed by atoms with Crippen molar-refractivity contribution in [1.82, 2.24) is 5.32 Å². The number of imide groups is 1. The van der Waals surface area contributed by atoms with E-state index in [9.17, 15) is 19.2 Å². The number of rotatable bonds is 5. The molecule has 8 heteroatoms. The molecule has 4 unspecified atom stereocenters. The molecular formula is C29H26N4O4. The number of para-hydroxylation sites is 3. The highest BCUT2D eigenvalue weighted by Crippen LogP contribution is 2.55. The third-order valence-electron chi connectivity index (χ3n) is 7.68. The Bertz CT molecular complexity index is 1410. The van der Waals surface area contributed by atoms with Crippen molar-refractivity contribution in [3.8, 4) is 0 Å². The van der Waals surface area contributed by atoms with Gasteiger partial charge in [-0.1, -0.05) is 61.5 Å². The maximum atomic E-state index is 14.3. The normalized spacial score (nSPS) is 26.1. The lowest BCUT2D eigenvalue weighted by molar-refractivity contribution is -0.132. The van der Waals surface area contributed by atoms with Gasteiger partial charge in [0.2, 0.25) is 17.7 Å². The second-order valence-corrected chi connectivity index (χ2v) is 9.64.